The van der Waals surface area contributed by atoms with Gasteiger partial charge in [0.25, 0.3) is 0 Å². The molecule has 0 aliphatic heterocycles. The van der Waals surface area contributed by atoms with Crippen molar-refractivity contribution in [3.8, 4) is 22.3 Å². The first-order chi connectivity index (χ1) is 10.3. The summed E-state index contributed by atoms with van der Waals surface area (Å²) in [7, 11) is 0. The van der Waals surface area contributed by atoms with Gasteiger partial charge in [0.2, 0.25) is 0 Å². The summed E-state index contributed by atoms with van der Waals surface area (Å²) in [5.74, 6) is 0. The highest BCUT2D eigenvalue weighted by Crippen LogP contribution is 2.32. The second kappa shape index (κ2) is 5.76. The summed E-state index contributed by atoms with van der Waals surface area (Å²) >= 11 is 0. The van der Waals surface area contributed by atoms with Crippen LogP contribution in [0.2, 0.25) is 0 Å². The minimum Gasteiger partial charge on any atom is -0.298 e. The van der Waals surface area contributed by atoms with Gasteiger partial charge in [-0.3, -0.25) is 4.79 Å². The van der Waals surface area contributed by atoms with Gasteiger partial charge < -0.3 is 0 Å². The van der Waals surface area contributed by atoms with Crippen molar-refractivity contribution in [2.24, 2.45) is 0 Å². The molecule has 21 heavy (non-hydrogen) atoms. The molecule has 0 saturated heterocycles. The van der Waals surface area contributed by atoms with Crippen molar-refractivity contribution < 1.29 is 4.79 Å². The van der Waals surface area contributed by atoms with Crippen molar-refractivity contribution in [1.29, 1.82) is 0 Å². The average Bonchev–Trinajstić information content (AvgIpc) is 2.55. The van der Waals surface area contributed by atoms with Gasteiger partial charge in [0.1, 0.15) is 0 Å². The molecule has 0 heterocycles. The quantitative estimate of drug-likeness (QED) is 0.603. The Kier molecular flexibility index (Phi) is 3.65. The Morgan fingerprint density at radius 3 is 1.52 bits per heavy atom. The van der Waals surface area contributed by atoms with Crippen molar-refractivity contribution >= 4 is 6.29 Å². The van der Waals surface area contributed by atoms with Crippen LogP contribution in [-0.4, -0.2) is 6.29 Å². The van der Waals surface area contributed by atoms with Crippen molar-refractivity contribution in [1.82, 2.24) is 0 Å². The third-order valence-corrected chi connectivity index (χ3v) is 3.61. The Bertz CT molecular complexity index is 698. The van der Waals surface area contributed by atoms with Gasteiger partial charge in [0.15, 0.2) is 6.29 Å². The Morgan fingerprint density at radius 2 is 1.14 bits per heavy atom. The van der Waals surface area contributed by atoms with Gasteiger partial charge in [0, 0.05) is 5.56 Å². The number of benzene rings is 3. The van der Waals surface area contributed by atoms with Gasteiger partial charge in [-0.15, -0.1) is 0 Å². The minimum atomic E-state index is 0.748. The number of aryl methyl sites for hydroxylation is 1. The van der Waals surface area contributed by atoms with E-state index in [1.54, 1.807) is 0 Å². The third-order valence-electron chi connectivity index (χ3n) is 3.61. The van der Waals surface area contributed by atoms with E-state index in [1.165, 1.54) is 0 Å². The second-order valence-corrected chi connectivity index (χ2v) is 5.12. The summed E-state index contributed by atoms with van der Waals surface area (Å²) in [5.41, 5.74) is 6.02. The molecule has 0 spiro atoms. The Morgan fingerprint density at radius 1 is 0.714 bits per heavy atom. The van der Waals surface area contributed by atoms with E-state index in [0.29, 0.717) is 0 Å². The van der Waals surface area contributed by atoms with Crippen LogP contribution in [0.4, 0.5) is 0 Å². The van der Waals surface area contributed by atoms with E-state index in [1.807, 2.05) is 60.7 Å². The summed E-state index contributed by atoms with van der Waals surface area (Å²) in [6, 6.07) is 24.2. The maximum atomic E-state index is 11.7. The summed E-state index contributed by atoms with van der Waals surface area (Å²) in [4.78, 5) is 11.7. The first-order valence-electron chi connectivity index (χ1n) is 7.00. The van der Waals surface area contributed by atoms with Gasteiger partial charge in [-0.2, -0.15) is 0 Å². The van der Waals surface area contributed by atoms with E-state index in [-0.39, 0.29) is 0 Å². The lowest BCUT2D eigenvalue weighted by Crippen LogP contribution is -1.94. The summed E-state index contributed by atoms with van der Waals surface area (Å²) in [6.07, 6.45) is 0.962. The van der Waals surface area contributed by atoms with E-state index < -0.39 is 0 Å². The van der Waals surface area contributed by atoms with Crippen LogP contribution in [0.1, 0.15) is 15.9 Å². The number of carbonyl (C=O) groups is 1. The zero-order valence-electron chi connectivity index (χ0n) is 11.9. The molecule has 0 atom stereocenters. The molecule has 0 bridgehead atoms. The van der Waals surface area contributed by atoms with Crippen molar-refractivity contribution in [3.05, 3.63) is 83.9 Å². The first-order valence-corrected chi connectivity index (χ1v) is 7.00. The topological polar surface area (TPSA) is 17.1 Å². The standard InChI is InChI=1S/C20H16O/c1-15-12-18(16-8-4-2-5-9-16)20(14-21)19(13-15)17-10-6-3-7-11-17/h2-14H,1H3. The lowest BCUT2D eigenvalue weighted by Gasteiger charge is -2.13. The Hall–Kier alpha value is -2.67. The van der Waals surface area contributed by atoms with Crippen LogP contribution in [0.25, 0.3) is 22.3 Å². The highest BCUT2D eigenvalue weighted by atomic mass is 16.1. The van der Waals surface area contributed by atoms with E-state index in [2.05, 4.69) is 19.1 Å². The number of rotatable bonds is 3. The van der Waals surface area contributed by atoms with Crippen LogP contribution in [0.5, 0.6) is 0 Å². The van der Waals surface area contributed by atoms with Crippen LogP contribution >= 0.6 is 0 Å². The summed E-state index contributed by atoms with van der Waals surface area (Å²) in [6.45, 7) is 2.06. The van der Waals surface area contributed by atoms with Gasteiger partial charge >= 0.3 is 0 Å². The van der Waals surface area contributed by atoms with E-state index >= 15 is 0 Å². The molecule has 3 aromatic carbocycles. The lowest BCUT2D eigenvalue weighted by atomic mass is 9.90. The van der Waals surface area contributed by atoms with Crippen molar-refractivity contribution in [2.45, 2.75) is 6.92 Å². The number of hydrogen-bond donors (Lipinski definition) is 0. The second-order valence-electron chi connectivity index (χ2n) is 5.12. The van der Waals surface area contributed by atoms with Gasteiger partial charge in [-0.05, 0) is 34.7 Å². The largest absolute Gasteiger partial charge is 0.298 e. The summed E-state index contributed by atoms with van der Waals surface area (Å²) < 4.78 is 0. The maximum absolute atomic E-state index is 11.7. The van der Waals surface area contributed by atoms with Gasteiger partial charge in [-0.25, -0.2) is 0 Å². The number of carbonyl (C=O) groups excluding carboxylic acids is 1. The van der Waals surface area contributed by atoms with E-state index in [4.69, 9.17) is 0 Å². The molecule has 0 unspecified atom stereocenters. The molecule has 0 saturated carbocycles. The van der Waals surface area contributed by atoms with Gasteiger partial charge in [0.05, 0.1) is 0 Å². The zero-order chi connectivity index (χ0) is 14.7. The van der Waals surface area contributed by atoms with Crippen LogP contribution in [-0.2, 0) is 0 Å². The summed E-state index contributed by atoms with van der Waals surface area (Å²) in [5, 5.41) is 0. The SMILES string of the molecule is Cc1cc(-c2ccccc2)c(C=O)c(-c2ccccc2)c1. The van der Waals surface area contributed by atoms with Crippen molar-refractivity contribution in [3.63, 3.8) is 0 Å². The highest BCUT2D eigenvalue weighted by molar-refractivity contribution is 5.96. The molecule has 0 aliphatic rings. The molecule has 102 valence electrons. The molecular weight excluding hydrogens is 256 g/mol. The Labute approximate surface area is 124 Å². The number of hydrogen-bond acceptors (Lipinski definition) is 1. The predicted octanol–water partition coefficient (Wildman–Crippen LogP) is 5.14. The normalized spacial score (nSPS) is 10.3. The number of aldehydes is 1. The first kappa shape index (κ1) is 13.3. The molecule has 0 fully saturated rings. The monoisotopic (exact) mass is 272 g/mol. The Balaban J connectivity index is 2.28. The fraction of sp³-hybridized carbons (Fsp3) is 0.0500. The molecular formula is C20H16O. The molecule has 0 N–H and O–H groups in total. The zero-order valence-corrected chi connectivity index (χ0v) is 11.9. The smallest absolute Gasteiger partial charge is 0.151 e. The molecule has 0 aliphatic carbocycles. The predicted molar refractivity (Wildman–Crippen MR) is 87.4 cm³/mol. The van der Waals surface area contributed by atoms with E-state index in [0.717, 1.165) is 39.7 Å². The minimum absolute atomic E-state index is 0.748. The molecule has 3 aromatic rings. The van der Waals surface area contributed by atoms with Crippen molar-refractivity contribution in [2.75, 3.05) is 0 Å². The molecule has 0 aromatic heterocycles. The lowest BCUT2D eigenvalue weighted by molar-refractivity contribution is 0.112. The highest BCUT2D eigenvalue weighted by Gasteiger charge is 2.12. The van der Waals surface area contributed by atoms with Crippen LogP contribution in [0, 0.1) is 6.92 Å². The van der Waals surface area contributed by atoms with Crippen LogP contribution < -0.4 is 0 Å². The average molecular weight is 272 g/mol. The molecule has 3 rings (SSSR count). The molecule has 0 radical (unpaired) electrons. The molecule has 0 amide bonds. The molecule has 1 heteroatoms. The van der Waals surface area contributed by atoms with Crippen LogP contribution in [0.3, 0.4) is 0 Å². The third kappa shape index (κ3) is 2.63. The maximum Gasteiger partial charge on any atom is 0.151 e. The molecule has 1 nitrogen and oxygen atoms in total. The van der Waals surface area contributed by atoms with Gasteiger partial charge in [-0.1, -0.05) is 72.8 Å². The fourth-order valence-corrected chi connectivity index (χ4v) is 2.64. The fourth-order valence-electron chi connectivity index (χ4n) is 2.64. The van der Waals surface area contributed by atoms with E-state index in [9.17, 15) is 4.79 Å². The van der Waals surface area contributed by atoms with Crippen LogP contribution in [0.15, 0.2) is 72.8 Å².